The van der Waals surface area contributed by atoms with Gasteiger partial charge in [0.2, 0.25) is 5.91 Å². The Morgan fingerprint density at radius 1 is 1.16 bits per heavy atom. The zero-order valence-electron chi connectivity index (χ0n) is 16.9. The number of nitrogens with zero attached hydrogens (tertiary/aromatic N) is 5. The number of hydrogen-bond donors (Lipinski definition) is 3. The van der Waals surface area contributed by atoms with Gasteiger partial charge in [-0.15, -0.1) is 0 Å². The Hall–Kier alpha value is -3.98. The van der Waals surface area contributed by atoms with Gasteiger partial charge in [0.1, 0.15) is 11.8 Å². The van der Waals surface area contributed by atoms with Crippen molar-refractivity contribution < 1.29 is 4.79 Å². The van der Waals surface area contributed by atoms with Crippen molar-refractivity contribution in [3.05, 3.63) is 77.2 Å². The van der Waals surface area contributed by atoms with Crippen LogP contribution in [0.2, 0.25) is 5.02 Å². The van der Waals surface area contributed by atoms with Crippen molar-refractivity contribution in [3.63, 3.8) is 0 Å². The van der Waals surface area contributed by atoms with Crippen LogP contribution in [0.4, 0.5) is 5.82 Å². The number of rotatable bonds is 6. The Morgan fingerprint density at radius 3 is 2.91 bits per heavy atom. The predicted molar refractivity (Wildman–Crippen MR) is 122 cm³/mol. The molecule has 10 heteroatoms. The third-order valence-corrected chi connectivity index (χ3v) is 5.36. The van der Waals surface area contributed by atoms with Crippen molar-refractivity contribution in [1.29, 1.82) is 0 Å². The average molecular weight is 447 g/mol. The van der Waals surface area contributed by atoms with E-state index in [1.54, 1.807) is 12.5 Å². The van der Waals surface area contributed by atoms with Crippen LogP contribution in [0.5, 0.6) is 0 Å². The lowest BCUT2D eigenvalue weighted by molar-refractivity contribution is -0.120. The van der Waals surface area contributed by atoms with Crippen molar-refractivity contribution in [2.24, 2.45) is 0 Å². The molecule has 4 heterocycles. The topological polar surface area (TPSA) is 127 Å². The first kappa shape index (κ1) is 20.0. The number of nitrogens with one attached hydrogen (secondary N) is 2. The summed E-state index contributed by atoms with van der Waals surface area (Å²) < 4.78 is 1.90. The van der Waals surface area contributed by atoms with Crippen LogP contribution in [-0.4, -0.2) is 35.4 Å². The van der Waals surface area contributed by atoms with E-state index in [9.17, 15) is 4.79 Å². The number of halogens is 1. The van der Waals surface area contributed by atoms with Crippen molar-refractivity contribution >= 4 is 45.4 Å². The quantitative estimate of drug-likeness (QED) is 0.368. The average Bonchev–Trinajstić information content (AvgIpc) is 3.38. The Labute approximate surface area is 187 Å². The molecule has 5 rings (SSSR count). The molecule has 1 aromatic carbocycles. The number of imidazole rings is 1. The van der Waals surface area contributed by atoms with Crippen LogP contribution in [0.15, 0.2) is 55.2 Å². The highest BCUT2D eigenvalue weighted by Crippen LogP contribution is 2.26. The van der Waals surface area contributed by atoms with Crippen LogP contribution >= 0.6 is 11.6 Å². The molecule has 5 aromatic rings. The number of amides is 1. The highest BCUT2D eigenvalue weighted by molar-refractivity contribution is 6.31. The third-order valence-electron chi connectivity index (χ3n) is 5.14. The zero-order chi connectivity index (χ0) is 22.1. The third kappa shape index (κ3) is 3.97. The largest absolute Gasteiger partial charge is 0.382 e. The smallest absolute Gasteiger partial charge is 0.226 e. The van der Waals surface area contributed by atoms with Crippen LogP contribution in [0.1, 0.15) is 17.0 Å². The molecule has 0 aliphatic rings. The molecule has 0 aliphatic carbocycles. The molecule has 4 aromatic heterocycles. The van der Waals surface area contributed by atoms with Gasteiger partial charge in [-0.25, -0.2) is 15.0 Å². The second kappa shape index (κ2) is 8.27. The van der Waals surface area contributed by atoms with Gasteiger partial charge in [-0.2, -0.15) is 0 Å². The fourth-order valence-electron chi connectivity index (χ4n) is 3.68. The first-order valence-electron chi connectivity index (χ1n) is 9.95. The first-order valence-corrected chi connectivity index (χ1v) is 10.3. The monoisotopic (exact) mass is 446 g/mol. The maximum Gasteiger partial charge on any atom is 0.226 e. The summed E-state index contributed by atoms with van der Waals surface area (Å²) in [6.07, 6.45) is 5.01. The van der Waals surface area contributed by atoms with Gasteiger partial charge in [-0.05, 0) is 35.9 Å². The molecule has 0 atom stereocenters. The van der Waals surface area contributed by atoms with Gasteiger partial charge >= 0.3 is 0 Å². The van der Waals surface area contributed by atoms with Crippen LogP contribution < -0.4 is 11.1 Å². The summed E-state index contributed by atoms with van der Waals surface area (Å²) in [5, 5.41) is 4.51. The summed E-state index contributed by atoms with van der Waals surface area (Å²) in [6.45, 7) is 0.866. The number of anilines is 1. The molecule has 0 saturated heterocycles. The first-order chi connectivity index (χ1) is 15.6. The van der Waals surface area contributed by atoms with E-state index in [-0.39, 0.29) is 12.3 Å². The Kier molecular flexibility index (Phi) is 5.16. The molecule has 0 unspecified atom stereocenters. The summed E-state index contributed by atoms with van der Waals surface area (Å²) >= 11 is 6.37. The Morgan fingerprint density at radius 2 is 2.06 bits per heavy atom. The van der Waals surface area contributed by atoms with E-state index in [0.717, 1.165) is 27.9 Å². The number of benzene rings is 1. The van der Waals surface area contributed by atoms with Crippen molar-refractivity contribution in [3.8, 4) is 0 Å². The highest BCUT2D eigenvalue weighted by Gasteiger charge is 2.13. The molecule has 9 nitrogen and oxygen atoms in total. The number of aromatic amines is 1. The van der Waals surface area contributed by atoms with Crippen LogP contribution in [0, 0.1) is 0 Å². The van der Waals surface area contributed by atoms with E-state index >= 15 is 0 Å². The number of fused-ring (bicyclic) bond motifs is 2. The standard InChI is InChI=1S/C22H19ClN8O/c23-15-5-13-7-17(9-26-18(32)8-16-3-1-2-4-25-16)30-19(13)14(6-15)10-31-12-29-20-21(24)27-11-28-22(20)31/h1-7,11-12,30H,8-10H2,(H,26,32)(H2,24,27,28). The molecule has 4 N–H and O–H groups in total. The van der Waals surface area contributed by atoms with Gasteiger partial charge < -0.3 is 20.6 Å². The molecular weight excluding hydrogens is 428 g/mol. The number of carbonyl (C=O) groups excluding carboxylic acids is 1. The SMILES string of the molecule is Nc1ncnc2c1ncn2Cc1cc(Cl)cc2cc(CNC(=O)Cc3ccccn3)[nH]c12. The maximum absolute atomic E-state index is 12.3. The Bertz CT molecular complexity index is 1430. The molecule has 160 valence electrons. The summed E-state index contributed by atoms with van der Waals surface area (Å²) in [5.74, 6) is 0.247. The van der Waals surface area contributed by atoms with E-state index in [2.05, 4.69) is 30.2 Å². The van der Waals surface area contributed by atoms with Gasteiger partial charge in [0.15, 0.2) is 11.5 Å². The van der Waals surface area contributed by atoms with Crippen molar-refractivity contribution in [2.45, 2.75) is 19.5 Å². The minimum Gasteiger partial charge on any atom is -0.382 e. The van der Waals surface area contributed by atoms with E-state index in [0.29, 0.717) is 35.1 Å². The summed E-state index contributed by atoms with van der Waals surface area (Å²) in [6, 6.07) is 11.3. The van der Waals surface area contributed by atoms with E-state index < -0.39 is 0 Å². The number of nitrogen functional groups attached to an aromatic ring is 1. The minimum atomic E-state index is -0.0947. The molecule has 0 spiro atoms. The van der Waals surface area contributed by atoms with E-state index in [4.69, 9.17) is 17.3 Å². The normalized spacial score (nSPS) is 11.3. The fraction of sp³-hybridized carbons (Fsp3) is 0.136. The van der Waals surface area contributed by atoms with Crippen molar-refractivity contribution in [1.82, 2.24) is 34.8 Å². The molecule has 0 fully saturated rings. The van der Waals surface area contributed by atoms with E-state index in [1.807, 2.05) is 41.0 Å². The lowest BCUT2D eigenvalue weighted by Gasteiger charge is -2.07. The fourth-order valence-corrected chi connectivity index (χ4v) is 3.93. The molecule has 1 amide bonds. The zero-order valence-corrected chi connectivity index (χ0v) is 17.7. The molecule has 32 heavy (non-hydrogen) atoms. The van der Waals surface area contributed by atoms with Crippen LogP contribution in [-0.2, 0) is 24.3 Å². The van der Waals surface area contributed by atoms with Crippen molar-refractivity contribution in [2.75, 3.05) is 5.73 Å². The summed E-state index contributed by atoms with van der Waals surface area (Å²) in [4.78, 5) is 32.5. The minimum absolute atomic E-state index is 0.0947. The van der Waals surface area contributed by atoms with Crippen LogP contribution in [0.25, 0.3) is 22.1 Å². The second-order valence-corrected chi connectivity index (χ2v) is 7.84. The molecule has 0 saturated carbocycles. The molecule has 0 aliphatic heterocycles. The second-order valence-electron chi connectivity index (χ2n) is 7.40. The lowest BCUT2D eigenvalue weighted by Crippen LogP contribution is -2.25. The van der Waals surface area contributed by atoms with E-state index in [1.165, 1.54) is 6.33 Å². The maximum atomic E-state index is 12.3. The lowest BCUT2D eigenvalue weighted by atomic mass is 10.1. The van der Waals surface area contributed by atoms with Gasteiger partial charge in [0.25, 0.3) is 0 Å². The number of hydrogen-bond acceptors (Lipinski definition) is 6. The molecule has 0 bridgehead atoms. The number of aromatic nitrogens is 6. The summed E-state index contributed by atoms with van der Waals surface area (Å²) in [5.41, 5.74) is 10.6. The molecular formula is C22H19ClN8O. The number of H-pyrrole nitrogens is 1. The predicted octanol–water partition coefficient (Wildman–Crippen LogP) is 2.85. The number of carbonyl (C=O) groups is 1. The molecule has 0 radical (unpaired) electrons. The number of pyridine rings is 1. The van der Waals surface area contributed by atoms with Crippen LogP contribution in [0.3, 0.4) is 0 Å². The van der Waals surface area contributed by atoms with Gasteiger partial charge in [-0.1, -0.05) is 17.7 Å². The van der Waals surface area contributed by atoms with Gasteiger partial charge in [-0.3, -0.25) is 9.78 Å². The Balaban J connectivity index is 1.37. The highest BCUT2D eigenvalue weighted by atomic mass is 35.5. The number of nitrogens with two attached hydrogens (primary N) is 1. The van der Waals surface area contributed by atoms with Gasteiger partial charge in [0, 0.05) is 28.0 Å². The van der Waals surface area contributed by atoms with Gasteiger partial charge in [0.05, 0.1) is 31.4 Å². The summed E-state index contributed by atoms with van der Waals surface area (Å²) in [7, 11) is 0.